The highest BCUT2D eigenvalue weighted by Crippen LogP contribution is 2.32. The summed E-state index contributed by atoms with van der Waals surface area (Å²) in [4.78, 5) is 8.79. The van der Waals surface area contributed by atoms with Crippen LogP contribution in [0, 0.1) is 6.92 Å². The number of aryl methyl sites for hydroxylation is 1. The Morgan fingerprint density at radius 3 is 3.11 bits per heavy atom. The van der Waals surface area contributed by atoms with E-state index < -0.39 is 0 Å². The van der Waals surface area contributed by atoms with Crippen LogP contribution in [0.1, 0.15) is 17.4 Å². The molecular formula is C13H16N4OS. The van der Waals surface area contributed by atoms with Crippen LogP contribution in [0.15, 0.2) is 22.9 Å². The highest BCUT2D eigenvalue weighted by Gasteiger charge is 2.32. The lowest BCUT2D eigenvalue weighted by Crippen LogP contribution is -2.31. The average Bonchev–Trinajstić information content (AvgIpc) is 3.07. The topological polar surface area (TPSA) is 63.8 Å². The fourth-order valence-electron chi connectivity index (χ4n) is 2.23. The Bertz CT molecular complexity index is 571. The molecule has 100 valence electrons. The van der Waals surface area contributed by atoms with Gasteiger partial charge in [-0.1, -0.05) is 5.16 Å². The third-order valence-electron chi connectivity index (χ3n) is 3.35. The van der Waals surface area contributed by atoms with E-state index in [0.717, 1.165) is 22.8 Å². The van der Waals surface area contributed by atoms with E-state index in [1.54, 1.807) is 6.20 Å². The lowest BCUT2D eigenvalue weighted by atomic mass is 10.0. The first-order valence-electron chi connectivity index (χ1n) is 6.29. The second-order valence-corrected chi connectivity index (χ2v) is 5.79. The average molecular weight is 276 g/mol. The van der Waals surface area contributed by atoms with Gasteiger partial charge in [-0.05, 0) is 31.7 Å². The molecule has 3 heterocycles. The molecular weight excluding hydrogens is 260 g/mol. The van der Waals surface area contributed by atoms with Crippen LogP contribution >= 0.6 is 11.8 Å². The zero-order chi connectivity index (χ0) is 13.2. The number of hydrogen-bond donors (Lipinski definition) is 1. The summed E-state index contributed by atoms with van der Waals surface area (Å²) in [6.45, 7) is 2.02. The minimum Gasteiger partial charge on any atom is -0.339 e. The van der Waals surface area contributed by atoms with Gasteiger partial charge in [0.25, 0.3) is 0 Å². The van der Waals surface area contributed by atoms with Gasteiger partial charge in [-0.25, -0.2) is 0 Å². The van der Waals surface area contributed by atoms with Crippen LogP contribution in [0.2, 0.25) is 0 Å². The molecule has 1 saturated heterocycles. The number of hydrogen-bond acceptors (Lipinski definition) is 6. The lowest BCUT2D eigenvalue weighted by Gasteiger charge is -2.13. The van der Waals surface area contributed by atoms with Gasteiger partial charge < -0.3 is 9.84 Å². The van der Waals surface area contributed by atoms with Gasteiger partial charge in [0, 0.05) is 23.7 Å². The fourth-order valence-corrected chi connectivity index (χ4v) is 3.65. The third kappa shape index (κ3) is 2.50. The SMILES string of the molecule is CNC1CSCC1c1nc(-c2cc(C)ccn2)no1. The Balaban J connectivity index is 1.87. The molecule has 2 atom stereocenters. The standard InChI is InChI=1S/C13H16N4OS/c1-8-3-4-15-10(5-8)12-16-13(18-17-12)9-6-19-7-11(9)14-2/h3-5,9,11,14H,6-7H2,1-2H3. The van der Waals surface area contributed by atoms with E-state index in [2.05, 4.69) is 20.4 Å². The molecule has 5 nitrogen and oxygen atoms in total. The monoisotopic (exact) mass is 276 g/mol. The molecule has 6 heteroatoms. The van der Waals surface area contributed by atoms with Gasteiger partial charge in [0.1, 0.15) is 5.69 Å². The van der Waals surface area contributed by atoms with Crippen LogP contribution in [0.25, 0.3) is 11.5 Å². The van der Waals surface area contributed by atoms with E-state index in [4.69, 9.17) is 4.52 Å². The van der Waals surface area contributed by atoms with Crippen molar-refractivity contribution in [2.75, 3.05) is 18.6 Å². The summed E-state index contributed by atoms with van der Waals surface area (Å²) >= 11 is 1.91. The molecule has 19 heavy (non-hydrogen) atoms. The molecule has 2 unspecified atom stereocenters. The highest BCUT2D eigenvalue weighted by atomic mass is 32.2. The number of likely N-dealkylation sites (N-methyl/N-ethyl adjacent to an activating group) is 1. The summed E-state index contributed by atoms with van der Waals surface area (Å²) < 4.78 is 5.42. The Labute approximate surface area is 116 Å². The van der Waals surface area contributed by atoms with E-state index in [1.165, 1.54) is 0 Å². The van der Waals surface area contributed by atoms with Crippen LogP contribution in [0.5, 0.6) is 0 Å². The zero-order valence-electron chi connectivity index (χ0n) is 11.0. The van der Waals surface area contributed by atoms with Crippen molar-refractivity contribution in [1.82, 2.24) is 20.4 Å². The van der Waals surface area contributed by atoms with Crippen molar-refractivity contribution < 1.29 is 4.52 Å². The first kappa shape index (κ1) is 12.6. The molecule has 0 bridgehead atoms. The minimum atomic E-state index is 0.293. The number of rotatable bonds is 3. The van der Waals surface area contributed by atoms with Crippen molar-refractivity contribution in [2.45, 2.75) is 18.9 Å². The molecule has 0 saturated carbocycles. The Morgan fingerprint density at radius 1 is 1.42 bits per heavy atom. The fraction of sp³-hybridized carbons (Fsp3) is 0.462. The van der Waals surface area contributed by atoms with Crippen LogP contribution in [0.4, 0.5) is 0 Å². The van der Waals surface area contributed by atoms with E-state index in [-0.39, 0.29) is 0 Å². The maximum Gasteiger partial charge on any atom is 0.232 e. The number of pyridine rings is 1. The van der Waals surface area contributed by atoms with Gasteiger partial charge in [0.2, 0.25) is 11.7 Å². The molecule has 3 rings (SSSR count). The molecule has 0 aromatic carbocycles. The van der Waals surface area contributed by atoms with Gasteiger partial charge in [0.05, 0.1) is 5.92 Å². The van der Waals surface area contributed by atoms with Crippen molar-refractivity contribution in [3.05, 3.63) is 29.8 Å². The van der Waals surface area contributed by atoms with Gasteiger partial charge in [-0.15, -0.1) is 0 Å². The molecule has 0 aliphatic carbocycles. The first-order valence-corrected chi connectivity index (χ1v) is 7.45. The Hall–Kier alpha value is -1.40. The van der Waals surface area contributed by atoms with Crippen molar-refractivity contribution >= 4 is 11.8 Å². The quantitative estimate of drug-likeness (QED) is 0.923. The second kappa shape index (κ2) is 5.30. The first-order chi connectivity index (χ1) is 9.28. The van der Waals surface area contributed by atoms with Crippen molar-refractivity contribution in [3.63, 3.8) is 0 Å². The highest BCUT2D eigenvalue weighted by molar-refractivity contribution is 7.99. The molecule has 1 aliphatic heterocycles. The number of aromatic nitrogens is 3. The van der Waals surface area contributed by atoms with Crippen molar-refractivity contribution in [2.24, 2.45) is 0 Å². The largest absolute Gasteiger partial charge is 0.339 e. The van der Waals surface area contributed by atoms with E-state index in [0.29, 0.717) is 23.7 Å². The Kier molecular flexibility index (Phi) is 3.52. The molecule has 0 spiro atoms. The Morgan fingerprint density at radius 2 is 2.32 bits per heavy atom. The van der Waals surface area contributed by atoms with Crippen LogP contribution < -0.4 is 5.32 Å². The molecule has 1 aliphatic rings. The molecule has 1 N–H and O–H groups in total. The van der Waals surface area contributed by atoms with Crippen LogP contribution in [-0.2, 0) is 0 Å². The summed E-state index contributed by atoms with van der Waals surface area (Å²) in [5, 5.41) is 7.36. The predicted octanol–water partition coefficient (Wildman–Crippen LogP) is 1.86. The molecule has 2 aromatic rings. The lowest BCUT2D eigenvalue weighted by molar-refractivity contribution is 0.344. The zero-order valence-corrected chi connectivity index (χ0v) is 11.8. The summed E-state index contributed by atoms with van der Waals surface area (Å²) in [6, 6.07) is 4.33. The summed E-state index contributed by atoms with van der Waals surface area (Å²) in [5.74, 6) is 3.69. The maximum absolute atomic E-state index is 5.42. The number of nitrogens with zero attached hydrogens (tertiary/aromatic N) is 3. The van der Waals surface area contributed by atoms with Crippen molar-refractivity contribution in [1.29, 1.82) is 0 Å². The number of thioether (sulfide) groups is 1. The molecule has 2 aromatic heterocycles. The maximum atomic E-state index is 5.42. The van der Waals surface area contributed by atoms with Gasteiger partial charge in [0.15, 0.2) is 0 Å². The smallest absolute Gasteiger partial charge is 0.232 e. The van der Waals surface area contributed by atoms with Gasteiger partial charge >= 0.3 is 0 Å². The van der Waals surface area contributed by atoms with E-state index >= 15 is 0 Å². The summed E-state index contributed by atoms with van der Waals surface area (Å²) in [5.41, 5.74) is 1.91. The van der Waals surface area contributed by atoms with Crippen LogP contribution in [-0.4, -0.2) is 39.7 Å². The molecule has 0 amide bonds. The molecule has 0 radical (unpaired) electrons. The van der Waals surface area contributed by atoms with Crippen molar-refractivity contribution in [3.8, 4) is 11.5 Å². The third-order valence-corrected chi connectivity index (χ3v) is 4.54. The van der Waals surface area contributed by atoms with E-state index in [9.17, 15) is 0 Å². The predicted molar refractivity (Wildman–Crippen MR) is 75.2 cm³/mol. The second-order valence-electron chi connectivity index (χ2n) is 4.71. The number of nitrogens with one attached hydrogen (secondary N) is 1. The minimum absolute atomic E-state index is 0.293. The molecule has 1 fully saturated rings. The summed E-state index contributed by atoms with van der Waals surface area (Å²) in [6.07, 6.45) is 1.77. The van der Waals surface area contributed by atoms with E-state index in [1.807, 2.05) is 37.9 Å². The van der Waals surface area contributed by atoms with Crippen LogP contribution in [0.3, 0.4) is 0 Å². The normalized spacial score (nSPS) is 22.8. The van der Waals surface area contributed by atoms with Gasteiger partial charge in [-0.3, -0.25) is 4.98 Å². The summed E-state index contributed by atoms with van der Waals surface area (Å²) in [7, 11) is 1.98. The van der Waals surface area contributed by atoms with Gasteiger partial charge in [-0.2, -0.15) is 16.7 Å².